The molecule has 0 saturated carbocycles. The van der Waals surface area contributed by atoms with E-state index in [9.17, 15) is 9.59 Å². The first-order chi connectivity index (χ1) is 17.8. The summed E-state index contributed by atoms with van der Waals surface area (Å²) in [6, 6.07) is 23.1. The molecular weight excluding hydrogens is 480 g/mol. The Hall–Kier alpha value is -3.84. The van der Waals surface area contributed by atoms with E-state index in [1.807, 2.05) is 99.1 Å². The number of carbonyl (C=O) groups excluding carboxylic acids is 2. The van der Waals surface area contributed by atoms with Crippen molar-refractivity contribution in [3.63, 3.8) is 0 Å². The molecule has 1 atom stereocenters. The molecule has 1 aliphatic rings. The second-order valence-electron chi connectivity index (χ2n) is 9.56. The average molecular weight is 511 g/mol. The number of carbonyl (C=O) groups is 2. The third kappa shape index (κ3) is 5.04. The second kappa shape index (κ2) is 10.3. The number of aryl methyl sites for hydroxylation is 4. The average Bonchev–Trinajstić information content (AvgIpc) is 3.11. The van der Waals surface area contributed by atoms with Crippen molar-refractivity contribution in [3.05, 3.63) is 106 Å². The molecule has 6 nitrogen and oxygen atoms in total. The van der Waals surface area contributed by atoms with Gasteiger partial charge in [0.05, 0.1) is 17.1 Å². The van der Waals surface area contributed by atoms with Crippen molar-refractivity contribution in [2.75, 3.05) is 10.7 Å². The first-order valence-electron chi connectivity index (χ1n) is 12.3. The van der Waals surface area contributed by atoms with Crippen LogP contribution in [0.4, 0.5) is 5.69 Å². The Kier molecular flexibility index (Phi) is 6.89. The highest BCUT2D eigenvalue weighted by Gasteiger charge is 2.40. The predicted molar refractivity (Wildman–Crippen MR) is 148 cm³/mol. The number of amides is 2. The molecule has 2 heterocycles. The van der Waals surface area contributed by atoms with Gasteiger partial charge in [-0.25, -0.2) is 4.68 Å². The molecular formula is C30H30N4O2S. The highest BCUT2D eigenvalue weighted by atomic mass is 32.2. The monoisotopic (exact) mass is 510 g/mol. The minimum Gasteiger partial charge on any atom is -0.350 e. The molecule has 7 heteroatoms. The lowest BCUT2D eigenvalue weighted by molar-refractivity contribution is -0.126. The van der Waals surface area contributed by atoms with Crippen LogP contribution in [0.3, 0.4) is 0 Å². The number of nitrogens with zero attached hydrogens (tertiary/aromatic N) is 3. The fourth-order valence-corrected chi connectivity index (χ4v) is 5.89. The molecule has 188 valence electrons. The van der Waals surface area contributed by atoms with Crippen LogP contribution in [0.25, 0.3) is 5.69 Å². The lowest BCUT2D eigenvalue weighted by Crippen LogP contribution is -2.44. The number of thioether (sulfide) groups is 1. The molecule has 5 rings (SSSR count). The van der Waals surface area contributed by atoms with E-state index in [2.05, 4.69) is 11.4 Å². The molecule has 0 bridgehead atoms. The first kappa shape index (κ1) is 24.8. The van der Waals surface area contributed by atoms with E-state index in [4.69, 9.17) is 5.10 Å². The standard InChI is InChI=1S/C30H30N4O2S/c1-19-10-12-23(13-11-19)17-31-29(36)28-27-22(4)32-34(24-8-6-5-7-9-24)30(27)37-18-26(35)33(28)25-15-20(2)14-21(3)16-25/h5-16,28H,17-18H2,1-4H3,(H,31,36)/t28-/m1/s1. The molecule has 0 spiro atoms. The van der Waals surface area contributed by atoms with Crippen LogP contribution in [0.2, 0.25) is 0 Å². The van der Waals surface area contributed by atoms with Crippen LogP contribution >= 0.6 is 11.8 Å². The molecule has 3 aromatic carbocycles. The van der Waals surface area contributed by atoms with Crippen LogP contribution in [-0.2, 0) is 16.1 Å². The van der Waals surface area contributed by atoms with Gasteiger partial charge < -0.3 is 5.32 Å². The van der Waals surface area contributed by atoms with Crippen LogP contribution in [0, 0.1) is 27.7 Å². The maximum absolute atomic E-state index is 14.0. The molecule has 0 unspecified atom stereocenters. The zero-order valence-corrected chi connectivity index (χ0v) is 22.3. The molecule has 0 aliphatic carbocycles. The second-order valence-corrected chi connectivity index (χ2v) is 10.5. The molecule has 0 radical (unpaired) electrons. The van der Waals surface area contributed by atoms with Crippen molar-refractivity contribution < 1.29 is 9.59 Å². The predicted octanol–water partition coefficient (Wildman–Crippen LogP) is 5.60. The Morgan fingerprint density at radius 3 is 2.27 bits per heavy atom. The summed E-state index contributed by atoms with van der Waals surface area (Å²) in [4.78, 5) is 29.3. The van der Waals surface area contributed by atoms with Gasteiger partial charge in [0.25, 0.3) is 0 Å². The number of para-hydroxylation sites is 1. The molecule has 4 aromatic rings. The third-order valence-electron chi connectivity index (χ3n) is 6.52. The summed E-state index contributed by atoms with van der Waals surface area (Å²) in [5.41, 5.74) is 7.35. The van der Waals surface area contributed by atoms with E-state index in [1.165, 1.54) is 11.8 Å². The number of rotatable bonds is 5. The number of aromatic nitrogens is 2. The van der Waals surface area contributed by atoms with Crippen LogP contribution in [0.15, 0.2) is 77.8 Å². The summed E-state index contributed by atoms with van der Waals surface area (Å²) in [6.45, 7) is 8.33. The van der Waals surface area contributed by atoms with Crippen molar-refractivity contribution >= 4 is 29.3 Å². The number of hydrogen-bond acceptors (Lipinski definition) is 4. The number of nitrogens with one attached hydrogen (secondary N) is 1. The molecule has 37 heavy (non-hydrogen) atoms. The molecule has 0 saturated heterocycles. The summed E-state index contributed by atoms with van der Waals surface area (Å²) >= 11 is 1.43. The number of hydrogen-bond donors (Lipinski definition) is 1. The first-order valence-corrected chi connectivity index (χ1v) is 13.3. The van der Waals surface area contributed by atoms with Crippen molar-refractivity contribution in [2.24, 2.45) is 0 Å². The molecule has 1 aromatic heterocycles. The zero-order chi connectivity index (χ0) is 26.1. The number of anilines is 1. The highest BCUT2D eigenvalue weighted by Crippen LogP contribution is 2.41. The third-order valence-corrected chi connectivity index (χ3v) is 7.57. The smallest absolute Gasteiger partial charge is 0.248 e. The summed E-state index contributed by atoms with van der Waals surface area (Å²) < 4.78 is 1.86. The van der Waals surface area contributed by atoms with E-state index >= 15 is 0 Å². The van der Waals surface area contributed by atoms with Crippen molar-refractivity contribution in [2.45, 2.75) is 45.3 Å². The quantitative estimate of drug-likeness (QED) is 0.379. The van der Waals surface area contributed by atoms with Crippen molar-refractivity contribution in [3.8, 4) is 5.69 Å². The molecule has 1 N–H and O–H groups in total. The Balaban J connectivity index is 1.62. The lowest BCUT2D eigenvalue weighted by Gasteiger charge is -2.30. The molecule has 0 fully saturated rings. The molecule has 2 amide bonds. The summed E-state index contributed by atoms with van der Waals surface area (Å²) in [5.74, 6) is -0.132. The van der Waals surface area contributed by atoms with Crippen LogP contribution < -0.4 is 10.2 Å². The fraction of sp³-hybridized carbons (Fsp3) is 0.233. The van der Waals surface area contributed by atoms with Gasteiger partial charge in [-0.1, -0.05) is 65.9 Å². The van der Waals surface area contributed by atoms with Crippen LogP contribution in [0.5, 0.6) is 0 Å². The van der Waals surface area contributed by atoms with Gasteiger partial charge in [0.1, 0.15) is 11.1 Å². The van der Waals surface area contributed by atoms with E-state index in [0.717, 1.165) is 49.9 Å². The summed E-state index contributed by atoms with van der Waals surface area (Å²) in [5, 5.41) is 8.75. The van der Waals surface area contributed by atoms with Gasteiger partial charge >= 0.3 is 0 Å². The van der Waals surface area contributed by atoms with E-state index in [-0.39, 0.29) is 17.6 Å². The normalized spacial score (nSPS) is 15.3. The lowest BCUT2D eigenvalue weighted by atomic mass is 10.0. The minimum atomic E-state index is -0.846. The highest BCUT2D eigenvalue weighted by molar-refractivity contribution is 8.00. The van der Waals surface area contributed by atoms with Crippen LogP contribution in [0.1, 0.15) is 39.6 Å². The largest absolute Gasteiger partial charge is 0.350 e. The van der Waals surface area contributed by atoms with Gasteiger partial charge in [-0.15, -0.1) is 0 Å². The topological polar surface area (TPSA) is 67.2 Å². The van der Waals surface area contributed by atoms with Crippen molar-refractivity contribution in [1.82, 2.24) is 15.1 Å². The Morgan fingerprint density at radius 1 is 0.919 bits per heavy atom. The van der Waals surface area contributed by atoms with Gasteiger partial charge in [0.2, 0.25) is 11.8 Å². The Bertz CT molecular complexity index is 1440. The molecule has 1 aliphatic heterocycles. The van der Waals surface area contributed by atoms with Crippen LogP contribution in [-0.4, -0.2) is 27.3 Å². The van der Waals surface area contributed by atoms with Gasteiger partial charge in [0.15, 0.2) is 0 Å². The van der Waals surface area contributed by atoms with E-state index in [1.54, 1.807) is 4.90 Å². The van der Waals surface area contributed by atoms with E-state index < -0.39 is 6.04 Å². The number of benzene rings is 3. The van der Waals surface area contributed by atoms with Gasteiger partial charge in [0, 0.05) is 17.8 Å². The fourth-order valence-electron chi connectivity index (χ4n) is 4.81. The maximum atomic E-state index is 14.0. The van der Waals surface area contributed by atoms with Crippen molar-refractivity contribution in [1.29, 1.82) is 0 Å². The Labute approximate surface area is 221 Å². The zero-order valence-electron chi connectivity index (χ0n) is 21.5. The van der Waals surface area contributed by atoms with Gasteiger partial charge in [-0.05, 0) is 68.7 Å². The minimum absolute atomic E-state index is 0.110. The number of fused-ring (bicyclic) bond motifs is 1. The van der Waals surface area contributed by atoms with E-state index in [0.29, 0.717) is 6.54 Å². The maximum Gasteiger partial charge on any atom is 0.248 e. The SMILES string of the molecule is Cc1ccc(CNC(=O)[C@H]2c3c(C)nn(-c4ccccc4)c3SCC(=O)N2c2cc(C)cc(C)c2)cc1. The Morgan fingerprint density at radius 2 is 1.59 bits per heavy atom. The van der Waals surface area contributed by atoms with Gasteiger partial charge in [-0.3, -0.25) is 14.5 Å². The van der Waals surface area contributed by atoms with Gasteiger partial charge in [-0.2, -0.15) is 5.10 Å². The summed E-state index contributed by atoms with van der Waals surface area (Å²) in [7, 11) is 0. The summed E-state index contributed by atoms with van der Waals surface area (Å²) in [6.07, 6.45) is 0.